The molecule has 0 atom stereocenters. The molecule has 0 fully saturated rings. The lowest BCUT2D eigenvalue weighted by molar-refractivity contribution is 0.252. The van der Waals surface area contributed by atoms with Crippen LogP contribution in [0.25, 0.3) is 0 Å². The number of likely N-dealkylation sites (N-methyl/N-ethyl adjacent to an activating group) is 3. The van der Waals surface area contributed by atoms with Gasteiger partial charge >= 0.3 is 0 Å². The van der Waals surface area contributed by atoms with Crippen LogP contribution in [0.5, 0.6) is 0 Å². The van der Waals surface area contributed by atoms with E-state index < -0.39 is 0 Å². The fourth-order valence-corrected chi connectivity index (χ4v) is 1.04. The van der Waals surface area contributed by atoms with Crippen molar-refractivity contribution in [1.82, 2.24) is 15.1 Å². The van der Waals surface area contributed by atoms with Gasteiger partial charge < -0.3 is 15.1 Å². The average molecular weight is 173 g/mol. The highest BCUT2D eigenvalue weighted by Crippen LogP contribution is 1.86. The van der Waals surface area contributed by atoms with E-state index in [0.717, 1.165) is 26.2 Å². The van der Waals surface area contributed by atoms with Crippen LogP contribution in [0.1, 0.15) is 6.92 Å². The molecule has 0 heterocycles. The zero-order valence-electron chi connectivity index (χ0n) is 8.93. The summed E-state index contributed by atoms with van der Waals surface area (Å²) in [6.45, 7) is 7.92. The van der Waals surface area contributed by atoms with Gasteiger partial charge in [0.15, 0.2) is 0 Å². The molecule has 0 saturated carbocycles. The quantitative estimate of drug-likeness (QED) is 0.588. The van der Waals surface area contributed by atoms with Crippen molar-refractivity contribution in [2.24, 2.45) is 0 Å². The predicted octanol–water partition coefficient (Wildman–Crippen LogP) is 0.0893. The summed E-state index contributed by atoms with van der Waals surface area (Å²) in [7, 11) is 6.23. The van der Waals surface area contributed by atoms with Gasteiger partial charge in [-0.15, -0.1) is 0 Å². The van der Waals surface area contributed by atoms with Gasteiger partial charge in [0, 0.05) is 26.2 Å². The Hall–Kier alpha value is -0.120. The Kier molecular flexibility index (Phi) is 7.45. The molecule has 0 unspecified atom stereocenters. The zero-order valence-corrected chi connectivity index (χ0v) is 8.93. The Bertz CT molecular complexity index is 93.8. The van der Waals surface area contributed by atoms with Crippen LogP contribution in [-0.2, 0) is 0 Å². The number of nitrogens with one attached hydrogen (secondary N) is 1. The Morgan fingerprint density at radius 2 is 1.75 bits per heavy atom. The van der Waals surface area contributed by atoms with Crippen LogP contribution < -0.4 is 5.32 Å². The summed E-state index contributed by atoms with van der Waals surface area (Å²) >= 11 is 0. The van der Waals surface area contributed by atoms with Gasteiger partial charge in [-0.25, -0.2) is 0 Å². The minimum absolute atomic E-state index is 1.08. The van der Waals surface area contributed by atoms with Gasteiger partial charge in [0.05, 0.1) is 0 Å². The van der Waals surface area contributed by atoms with Crippen LogP contribution in [0.4, 0.5) is 0 Å². The summed E-state index contributed by atoms with van der Waals surface area (Å²) < 4.78 is 0. The Morgan fingerprint density at radius 3 is 2.17 bits per heavy atom. The SMILES string of the molecule is CCN(CCNC)CCN(C)C. The molecule has 12 heavy (non-hydrogen) atoms. The molecular weight excluding hydrogens is 150 g/mol. The smallest absolute Gasteiger partial charge is 0.0110 e. The fourth-order valence-electron chi connectivity index (χ4n) is 1.04. The molecule has 0 aliphatic heterocycles. The first-order chi connectivity index (χ1) is 5.70. The van der Waals surface area contributed by atoms with Crippen LogP contribution >= 0.6 is 0 Å². The van der Waals surface area contributed by atoms with E-state index in [1.165, 1.54) is 6.54 Å². The van der Waals surface area contributed by atoms with Crippen molar-refractivity contribution < 1.29 is 0 Å². The topological polar surface area (TPSA) is 18.5 Å². The maximum absolute atomic E-state index is 3.16. The van der Waals surface area contributed by atoms with Crippen LogP contribution in [0.2, 0.25) is 0 Å². The van der Waals surface area contributed by atoms with Crippen molar-refractivity contribution in [3.05, 3.63) is 0 Å². The molecule has 0 radical (unpaired) electrons. The van der Waals surface area contributed by atoms with E-state index in [0.29, 0.717) is 0 Å². The molecule has 0 aromatic carbocycles. The fraction of sp³-hybridized carbons (Fsp3) is 1.00. The van der Waals surface area contributed by atoms with Gasteiger partial charge in [0.2, 0.25) is 0 Å². The zero-order chi connectivity index (χ0) is 9.40. The third kappa shape index (κ3) is 6.58. The van der Waals surface area contributed by atoms with Gasteiger partial charge in [-0.3, -0.25) is 0 Å². The van der Waals surface area contributed by atoms with E-state index in [1.807, 2.05) is 7.05 Å². The summed E-state index contributed by atoms with van der Waals surface area (Å²) in [5.74, 6) is 0. The first-order valence-electron chi connectivity index (χ1n) is 4.72. The molecule has 3 nitrogen and oxygen atoms in total. The molecule has 0 spiro atoms. The first kappa shape index (κ1) is 11.9. The van der Waals surface area contributed by atoms with Crippen molar-refractivity contribution in [3.63, 3.8) is 0 Å². The standard InChI is InChI=1S/C9H23N3/c1-5-12(7-6-10-2)9-8-11(3)4/h10H,5-9H2,1-4H3. The molecule has 0 aromatic rings. The Labute approximate surface area is 76.7 Å². The van der Waals surface area contributed by atoms with Crippen molar-refractivity contribution >= 4 is 0 Å². The first-order valence-corrected chi connectivity index (χ1v) is 4.72. The summed E-state index contributed by atoms with van der Waals surface area (Å²) in [5, 5.41) is 3.16. The lowest BCUT2D eigenvalue weighted by Gasteiger charge is -2.22. The van der Waals surface area contributed by atoms with Crippen molar-refractivity contribution in [2.45, 2.75) is 6.92 Å². The molecular formula is C9H23N3. The Balaban J connectivity index is 3.39. The second-order valence-electron chi connectivity index (χ2n) is 3.34. The second-order valence-corrected chi connectivity index (χ2v) is 3.34. The monoisotopic (exact) mass is 173 g/mol. The third-order valence-electron chi connectivity index (χ3n) is 1.99. The highest BCUT2D eigenvalue weighted by Gasteiger charge is 2.00. The van der Waals surface area contributed by atoms with Gasteiger partial charge in [-0.2, -0.15) is 0 Å². The van der Waals surface area contributed by atoms with E-state index in [-0.39, 0.29) is 0 Å². The normalized spacial score (nSPS) is 11.5. The summed E-state index contributed by atoms with van der Waals surface area (Å²) in [6, 6.07) is 0. The minimum atomic E-state index is 1.08. The number of hydrogen-bond donors (Lipinski definition) is 1. The molecule has 0 bridgehead atoms. The van der Waals surface area contributed by atoms with Gasteiger partial charge in [0.1, 0.15) is 0 Å². The van der Waals surface area contributed by atoms with Gasteiger partial charge in [-0.1, -0.05) is 6.92 Å². The van der Waals surface area contributed by atoms with Crippen LogP contribution in [0.15, 0.2) is 0 Å². The lowest BCUT2D eigenvalue weighted by atomic mass is 10.4. The van der Waals surface area contributed by atoms with Crippen molar-refractivity contribution in [1.29, 1.82) is 0 Å². The van der Waals surface area contributed by atoms with Gasteiger partial charge in [0.25, 0.3) is 0 Å². The molecule has 0 aliphatic carbocycles. The van der Waals surface area contributed by atoms with Gasteiger partial charge in [-0.05, 0) is 27.7 Å². The average Bonchev–Trinajstić information content (AvgIpc) is 2.05. The number of nitrogens with zero attached hydrogens (tertiary/aromatic N) is 2. The van der Waals surface area contributed by atoms with Crippen LogP contribution in [0.3, 0.4) is 0 Å². The molecule has 0 aromatic heterocycles. The maximum Gasteiger partial charge on any atom is 0.0110 e. The van der Waals surface area contributed by atoms with Crippen LogP contribution in [-0.4, -0.2) is 63.7 Å². The third-order valence-corrected chi connectivity index (χ3v) is 1.99. The van der Waals surface area contributed by atoms with E-state index >= 15 is 0 Å². The van der Waals surface area contributed by atoms with E-state index in [1.54, 1.807) is 0 Å². The summed E-state index contributed by atoms with van der Waals surface area (Å²) in [5.41, 5.74) is 0. The lowest BCUT2D eigenvalue weighted by Crippen LogP contribution is -2.35. The molecule has 0 aliphatic rings. The highest BCUT2D eigenvalue weighted by molar-refractivity contribution is 4.58. The molecule has 0 saturated heterocycles. The van der Waals surface area contributed by atoms with Crippen LogP contribution in [0, 0.1) is 0 Å². The van der Waals surface area contributed by atoms with Crippen molar-refractivity contribution in [2.75, 3.05) is 53.9 Å². The second kappa shape index (κ2) is 7.53. The molecule has 74 valence electrons. The molecule has 0 rings (SSSR count). The summed E-state index contributed by atoms with van der Waals surface area (Å²) in [4.78, 5) is 4.68. The van der Waals surface area contributed by atoms with E-state index in [9.17, 15) is 0 Å². The maximum atomic E-state index is 3.16. The minimum Gasteiger partial charge on any atom is -0.318 e. The van der Waals surface area contributed by atoms with E-state index in [2.05, 4.69) is 36.1 Å². The molecule has 1 N–H and O–H groups in total. The Morgan fingerprint density at radius 1 is 1.08 bits per heavy atom. The molecule has 3 heteroatoms. The predicted molar refractivity (Wildman–Crippen MR) is 54.6 cm³/mol. The molecule has 0 amide bonds. The number of rotatable bonds is 7. The largest absolute Gasteiger partial charge is 0.318 e. The number of hydrogen-bond acceptors (Lipinski definition) is 3. The highest BCUT2D eigenvalue weighted by atomic mass is 15.2. The van der Waals surface area contributed by atoms with Crippen molar-refractivity contribution in [3.8, 4) is 0 Å². The van der Waals surface area contributed by atoms with E-state index in [4.69, 9.17) is 0 Å². The summed E-state index contributed by atoms with van der Waals surface area (Å²) in [6.07, 6.45) is 0.